The summed E-state index contributed by atoms with van der Waals surface area (Å²) in [7, 11) is 2.16. The number of aryl methyl sites for hydroxylation is 2. The van der Waals surface area contributed by atoms with Crippen LogP contribution in [0.2, 0.25) is 0 Å². The van der Waals surface area contributed by atoms with Crippen molar-refractivity contribution in [2.75, 3.05) is 26.7 Å². The molecule has 0 spiro atoms. The third-order valence-corrected chi connectivity index (χ3v) is 5.59. The average Bonchev–Trinajstić information content (AvgIpc) is 3.28. The number of thiazole rings is 1. The van der Waals surface area contributed by atoms with Gasteiger partial charge in [0.2, 0.25) is 5.91 Å². The molecule has 0 aliphatic carbocycles. The highest BCUT2D eigenvalue weighted by atomic mass is 32.1. The standard InChI is InChI=1S/C18H25N3O2S/c1-14-17(24-13-19-14)11-20(2)9-16-5-7-21(10-16)18(22)4-3-15-6-8-23-12-15/h6,8,12-13,16H,3-5,7,9-11H2,1-2H3. The van der Waals surface area contributed by atoms with E-state index in [4.69, 9.17) is 4.42 Å². The van der Waals surface area contributed by atoms with Crippen LogP contribution in [0.1, 0.15) is 29.0 Å². The highest BCUT2D eigenvalue weighted by Gasteiger charge is 2.26. The Kier molecular flexibility index (Phi) is 5.68. The Balaban J connectivity index is 1.41. The van der Waals surface area contributed by atoms with Crippen molar-refractivity contribution < 1.29 is 9.21 Å². The van der Waals surface area contributed by atoms with E-state index in [1.54, 1.807) is 23.9 Å². The summed E-state index contributed by atoms with van der Waals surface area (Å²) in [6, 6.07) is 1.93. The van der Waals surface area contributed by atoms with Gasteiger partial charge in [-0.2, -0.15) is 0 Å². The van der Waals surface area contributed by atoms with Gasteiger partial charge in [0.15, 0.2) is 0 Å². The zero-order chi connectivity index (χ0) is 16.9. The summed E-state index contributed by atoms with van der Waals surface area (Å²) in [6.07, 6.45) is 5.81. The van der Waals surface area contributed by atoms with Crippen molar-refractivity contribution in [2.24, 2.45) is 5.92 Å². The monoisotopic (exact) mass is 347 g/mol. The molecule has 0 N–H and O–H groups in total. The van der Waals surface area contributed by atoms with Gasteiger partial charge in [-0.3, -0.25) is 4.79 Å². The van der Waals surface area contributed by atoms with Gasteiger partial charge < -0.3 is 14.2 Å². The van der Waals surface area contributed by atoms with Crippen LogP contribution < -0.4 is 0 Å². The number of hydrogen-bond acceptors (Lipinski definition) is 5. The molecule has 2 aromatic rings. The maximum absolute atomic E-state index is 12.3. The minimum Gasteiger partial charge on any atom is -0.472 e. The quantitative estimate of drug-likeness (QED) is 0.773. The van der Waals surface area contributed by atoms with Crippen molar-refractivity contribution >= 4 is 17.2 Å². The molecule has 1 unspecified atom stereocenters. The van der Waals surface area contributed by atoms with E-state index in [0.717, 1.165) is 50.3 Å². The molecule has 130 valence electrons. The lowest BCUT2D eigenvalue weighted by Crippen LogP contribution is -2.31. The predicted octanol–water partition coefficient (Wildman–Crippen LogP) is 2.96. The molecule has 0 radical (unpaired) electrons. The minimum atomic E-state index is 0.264. The van der Waals surface area contributed by atoms with Crippen LogP contribution in [0.3, 0.4) is 0 Å². The predicted molar refractivity (Wildman–Crippen MR) is 94.9 cm³/mol. The fraction of sp³-hybridized carbons (Fsp3) is 0.556. The molecule has 3 heterocycles. The van der Waals surface area contributed by atoms with Gasteiger partial charge in [-0.1, -0.05) is 0 Å². The molecule has 1 aliphatic heterocycles. The molecular formula is C18H25N3O2S. The summed E-state index contributed by atoms with van der Waals surface area (Å²) in [5, 5.41) is 0. The largest absolute Gasteiger partial charge is 0.472 e. The van der Waals surface area contributed by atoms with E-state index >= 15 is 0 Å². The van der Waals surface area contributed by atoms with Crippen LogP contribution in [0.4, 0.5) is 0 Å². The molecular weight excluding hydrogens is 322 g/mol. The van der Waals surface area contributed by atoms with E-state index in [1.165, 1.54) is 4.88 Å². The SMILES string of the molecule is Cc1ncsc1CN(C)CC1CCN(C(=O)CCc2ccoc2)C1. The van der Waals surface area contributed by atoms with Gasteiger partial charge in [0.1, 0.15) is 0 Å². The van der Waals surface area contributed by atoms with Crippen LogP contribution in [0, 0.1) is 12.8 Å². The number of carbonyl (C=O) groups is 1. The van der Waals surface area contributed by atoms with Gasteiger partial charge in [-0.15, -0.1) is 11.3 Å². The average molecular weight is 347 g/mol. The number of nitrogens with zero attached hydrogens (tertiary/aromatic N) is 3. The Morgan fingerprint density at radius 1 is 1.54 bits per heavy atom. The second-order valence-corrected chi connectivity index (χ2v) is 7.62. The molecule has 3 rings (SSSR count). The summed E-state index contributed by atoms with van der Waals surface area (Å²) in [4.78, 5) is 22.4. The van der Waals surface area contributed by atoms with Crippen molar-refractivity contribution in [1.82, 2.24) is 14.8 Å². The van der Waals surface area contributed by atoms with Crippen LogP contribution in [0.15, 0.2) is 28.5 Å². The van der Waals surface area contributed by atoms with Gasteiger partial charge >= 0.3 is 0 Å². The second kappa shape index (κ2) is 7.94. The van der Waals surface area contributed by atoms with Crippen molar-refractivity contribution in [3.05, 3.63) is 40.2 Å². The summed E-state index contributed by atoms with van der Waals surface area (Å²) in [5.41, 5.74) is 4.14. The maximum atomic E-state index is 12.3. The number of hydrogen-bond donors (Lipinski definition) is 0. The highest BCUT2D eigenvalue weighted by molar-refractivity contribution is 7.09. The zero-order valence-corrected chi connectivity index (χ0v) is 15.2. The van der Waals surface area contributed by atoms with Crippen molar-refractivity contribution in [1.29, 1.82) is 0 Å². The molecule has 0 saturated carbocycles. The Morgan fingerprint density at radius 2 is 2.42 bits per heavy atom. The lowest BCUT2D eigenvalue weighted by molar-refractivity contribution is -0.130. The lowest BCUT2D eigenvalue weighted by Gasteiger charge is -2.21. The first-order valence-electron chi connectivity index (χ1n) is 8.48. The van der Waals surface area contributed by atoms with E-state index < -0.39 is 0 Å². The first-order chi connectivity index (χ1) is 11.6. The number of amides is 1. The van der Waals surface area contributed by atoms with E-state index in [-0.39, 0.29) is 5.91 Å². The smallest absolute Gasteiger partial charge is 0.222 e. The maximum Gasteiger partial charge on any atom is 0.222 e. The molecule has 0 aromatic carbocycles. The second-order valence-electron chi connectivity index (χ2n) is 6.68. The number of furan rings is 1. The Hall–Kier alpha value is -1.66. The van der Waals surface area contributed by atoms with Gasteiger partial charge in [-0.05, 0) is 44.4 Å². The van der Waals surface area contributed by atoms with Crippen molar-refractivity contribution in [3.63, 3.8) is 0 Å². The van der Waals surface area contributed by atoms with E-state index in [1.807, 2.05) is 16.5 Å². The lowest BCUT2D eigenvalue weighted by atomic mass is 10.1. The van der Waals surface area contributed by atoms with Crippen LogP contribution in [-0.4, -0.2) is 47.4 Å². The van der Waals surface area contributed by atoms with Crippen LogP contribution in [0.5, 0.6) is 0 Å². The fourth-order valence-corrected chi connectivity index (χ4v) is 4.14. The zero-order valence-electron chi connectivity index (χ0n) is 14.4. The Labute approximate surface area is 147 Å². The molecule has 6 heteroatoms. The molecule has 1 atom stereocenters. The Bertz CT molecular complexity index is 653. The topological polar surface area (TPSA) is 49.6 Å². The summed E-state index contributed by atoms with van der Waals surface area (Å²) in [6.45, 7) is 5.82. The van der Waals surface area contributed by atoms with Gasteiger partial charge in [0.25, 0.3) is 0 Å². The van der Waals surface area contributed by atoms with E-state index in [2.05, 4.69) is 23.9 Å². The number of rotatable bonds is 7. The number of carbonyl (C=O) groups excluding carboxylic acids is 1. The third-order valence-electron chi connectivity index (χ3n) is 4.67. The summed E-state index contributed by atoms with van der Waals surface area (Å²) < 4.78 is 5.05. The highest BCUT2D eigenvalue weighted by Crippen LogP contribution is 2.21. The molecule has 1 amide bonds. The van der Waals surface area contributed by atoms with E-state index in [9.17, 15) is 4.79 Å². The molecule has 1 saturated heterocycles. The minimum absolute atomic E-state index is 0.264. The number of likely N-dealkylation sites (tertiary alicyclic amines) is 1. The first kappa shape index (κ1) is 17.2. The summed E-state index contributed by atoms with van der Waals surface area (Å²) >= 11 is 1.72. The summed E-state index contributed by atoms with van der Waals surface area (Å²) in [5.74, 6) is 0.834. The Morgan fingerprint density at radius 3 is 3.12 bits per heavy atom. The van der Waals surface area contributed by atoms with Gasteiger partial charge in [0, 0.05) is 37.5 Å². The van der Waals surface area contributed by atoms with Gasteiger partial charge in [-0.25, -0.2) is 4.98 Å². The van der Waals surface area contributed by atoms with Gasteiger partial charge in [0.05, 0.1) is 23.7 Å². The van der Waals surface area contributed by atoms with Crippen molar-refractivity contribution in [3.8, 4) is 0 Å². The van der Waals surface area contributed by atoms with Crippen LogP contribution >= 0.6 is 11.3 Å². The number of aromatic nitrogens is 1. The molecule has 1 aliphatic rings. The molecule has 5 nitrogen and oxygen atoms in total. The van der Waals surface area contributed by atoms with Crippen molar-refractivity contribution in [2.45, 2.75) is 32.7 Å². The molecule has 24 heavy (non-hydrogen) atoms. The fourth-order valence-electron chi connectivity index (χ4n) is 3.28. The van der Waals surface area contributed by atoms with E-state index in [0.29, 0.717) is 12.3 Å². The molecule has 0 bridgehead atoms. The normalized spacial score (nSPS) is 17.8. The van der Waals surface area contributed by atoms with Crippen LogP contribution in [-0.2, 0) is 17.8 Å². The van der Waals surface area contributed by atoms with Crippen LogP contribution in [0.25, 0.3) is 0 Å². The first-order valence-corrected chi connectivity index (χ1v) is 9.36. The third kappa shape index (κ3) is 4.45. The molecule has 1 fully saturated rings. The molecule has 2 aromatic heterocycles.